The first-order chi connectivity index (χ1) is 18.2. The van der Waals surface area contributed by atoms with Crippen LogP contribution in [-0.4, -0.2) is 74.0 Å². The highest BCUT2D eigenvalue weighted by Gasteiger charge is 2.38. The number of hydrogen-bond acceptors (Lipinski definition) is 7. The molecule has 2 heterocycles. The number of carbonyl (C=O) groups excluding carboxylic acids is 4. The number of nitrogens with zero attached hydrogens (tertiary/aromatic N) is 2. The average molecular weight is 554 g/mol. The van der Waals surface area contributed by atoms with Crippen LogP contribution in [0, 0.1) is 29.1 Å². The molecule has 2 fully saturated rings. The number of amides is 3. The minimum Gasteiger partial charge on any atom is -0.449 e. The Balaban J connectivity index is 0. The number of hydrogen-bond donors (Lipinski definition) is 3. The molecule has 0 aromatic heterocycles. The Bertz CT molecular complexity index is 725. The van der Waals surface area contributed by atoms with Crippen LogP contribution in [0.15, 0.2) is 0 Å². The zero-order valence-electron chi connectivity index (χ0n) is 25.8. The number of likely N-dealkylation sites (tertiary alicyclic amines) is 1. The predicted octanol–water partition coefficient (Wildman–Crippen LogP) is 4.04. The fourth-order valence-corrected chi connectivity index (χ4v) is 4.08. The van der Waals surface area contributed by atoms with Crippen molar-refractivity contribution in [2.45, 2.75) is 112 Å². The molecule has 0 saturated carbocycles. The lowest BCUT2D eigenvalue weighted by Crippen LogP contribution is -2.47. The van der Waals surface area contributed by atoms with Crippen LogP contribution in [-0.2, 0) is 19.1 Å². The summed E-state index contributed by atoms with van der Waals surface area (Å²) in [7, 11) is 2.05. The minimum absolute atomic E-state index is 0.0581. The maximum atomic E-state index is 12.0. The van der Waals surface area contributed by atoms with E-state index >= 15 is 0 Å². The Hall–Kier alpha value is -2.67. The molecule has 2 saturated heterocycles. The third-order valence-electron chi connectivity index (χ3n) is 6.13. The molecule has 226 valence electrons. The highest BCUT2D eigenvalue weighted by atomic mass is 16.5. The number of carbonyl (C=O) groups is 4. The Morgan fingerprint density at radius 2 is 1.82 bits per heavy atom. The number of aldehydes is 1. The first-order valence-electron chi connectivity index (χ1n) is 14.1. The summed E-state index contributed by atoms with van der Waals surface area (Å²) in [6.45, 7) is 22.2. The van der Waals surface area contributed by atoms with E-state index in [0.717, 1.165) is 51.5 Å². The fourth-order valence-electron chi connectivity index (χ4n) is 4.08. The highest BCUT2D eigenvalue weighted by Crippen LogP contribution is 2.29. The summed E-state index contributed by atoms with van der Waals surface area (Å²) in [5.74, 6) is 1.49. The molecule has 0 bridgehead atoms. The molecule has 2 rings (SSSR count). The molecule has 39 heavy (non-hydrogen) atoms. The summed E-state index contributed by atoms with van der Waals surface area (Å²) in [6.07, 6.45) is 5.75. The van der Waals surface area contributed by atoms with E-state index in [1.807, 2.05) is 48.6 Å². The summed E-state index contributed by atoms with van der Waals surface area (Å²) >= 11 is 0. The zero-order chi connectivity index (χ0) is 30.6. The molecule has 0 radical (unpaired) electrons. The van der Waals surface area contributed by atoms with Gasteiger partial charge in [-0.25, -0.2) is 10.1 Å². The van der Waals surface area contributed by atoms with Gasteiger partial charge in [-0.1, -0.05) is 54.4 Å². The van der Waals surface area contributed by atoms with Crippen molar-refractivity contribution in [2.24, 2.45) is 17.3 Å². The summed E-state index contributed by atoms with van der Waals surface area (Å²) < 4.78 is 5.01. The predicted molar refractivity (Wildman–Crippen MR) is 155 cm³/mol. The van der Waals surface area contributed by atoms with E-state index in [1.165, 1.54) is 0 Å². The molecule has 3 atom stereocenters. The van der Waals surface area contributed by atoms with Gasteiger partial charge in [0.15, 0.2) is 0 Å². The standard InChI is InChI=1S/C12H24N2O.C12H23NO3.C4H7NO.CHN/c1-8(2)10-6-7-14(5)11(10)12(15)13-9(3)4;1-5-6-7-10(8-14)13-11(15)16-9-12(2,3)4;6-4-2-1-3-5-4;1-2/h8-11H,6-7H2,1-5H3,(H,13,15);8,10H,5-7,9H2,1-4H3,(H,13,15);1-3H2,(H,5,6);1H/t10-,11?;10-;;/m10../s1. The Kier molecular flexibility index (Phi) is 20.9. The average Bonchev–Trinajstić information content (AvgIpc) is 3.50. The molecule has 10 nitrogen and oxygen atoms in total. The van der Waals surface area contributed by atoms with Crippen molar-refractivity contribution in [3.8, 4) is 6.57 Å². The summed E-state index contributed by atoms with van der Waals surface area (Å²) in [6, 6.07) is -0.112. The van der Waals surface area contributed by atoms with Crippen LogP contribution in [0.5, 0.6) is 0 Å². The highest BCUT2D eigenvalue weighted by molar-refractivity contribution is 5.82. The maximum absolute atomic E-state index is 12.0. The van der Waals surface area contributed by atoms with E-state index in [1.54, 1.807) is 0 Å². The van der Waals surface area contributed by atoms with E-state index in [0.29, 0.717) is 24.9 Å². The fraction of sp³-hybridized carbons (Fsp3) is 0.828. The third kappa shape index (κ3) is 19.1. The van der Waals surface area contributed by atoms with Gasteiger partial charge in [0.25, 0.3) is 0 Å². The molecule has 3 N–H and O–H groups in total. The first-order valence-corrected chi connectivity index (χ1v) is 14.1. The number of unbranched alkanes of at least 4 members (excludes halogenated alkanes) is 1. The van der Waals surface area contributed by atoms with Crippen LogP contribution >= 0.6 is 0 Å². The van der Waals surface area contributed by atoms with Gasteiger partial charge in [0.05, 0.1) is 18.7 Å². The molecule has 2 aliphatic heterocycles. The largest absolute Gasteiger partial charge is 0.449 e. The lowest BCUT2D eigenvalue weighted by Gasteiger charge is -2.27. The lowest BCUT2D eigenvalue weighted by molar-refractivity contribution is -0.127. The minimum atomic E-state index is -0.511. The molecule has 3 amide bonds. The molecule has 0 aliphatic carbocycles. The Morgan fingerprint density at radius 3 is 2.21 bits per heavy atom. The van der Waals surface area contributed by atoms with Gasteiger partial charge < -0.3 is 25.5 Å². The van der Waals surface area contributed by atoms with Crippen LogP contribution in [0.1, 0.15) is 93.9 Å². The molecular formula is C29H55N5O5. The van der Waals surface area contributed by atoms with Gasteiger partial charge in [-0.15, -0.1) is 0 Å². The van der Waals surface area contributed by atoms with Crippen molar-refractivity contribution < 1.29 is 23.9 Å². The van der Waals surface area contributed by atoms with Gasteiger partial charge in [0.1, 0.15) is 6.29 Å². The van der Waals surface area contributed by atoms with Crippen LogP contribution in [0.3, 0.4) is 0 Å². The Morgan fingerprint density at radius 1 is 1.21 bits per heavy atom. The quantitative estimate of drug-likeness (QED) is 0.366. The maximum Gasteiger partial charge on any atom is 0.407 e. The second-order valence-corrected chi connectivity index (χ2v) is 11.9. The van der Waals surface area contributed by atoms with Crippen molar-refractivity contribution in [1.29, 1.82) is 5.26 Å². The molecule has 2 aliphatic rings. The number of ether oxygens (including phenoxy) is 1. The van der Waals surface area contributed by atoms with Crippen LogP contribution < -0.4 is 16.0 Å². The van der Waals surface area contributed by atoms with Crippen LogP contribution in [0.2, 0.25) is 0 Å². The third-order valence-corrected chi connectivity index (χ3v) is 6.13. The monoisotopic (exact) mass is 553 g/mol. The lowest BCUT2D eigenvalue weighted by atomic mass is 9.88. The molecule has 10 heteroatoms. The molecular weight excluding hydrogens is 498 g/mol. The van der Waals surface area contributed by atoms with E-state index in [2.05, 4.69) is 41.3 Å². The van der Waals surface area contributed by atoms with Gasteiger partial charge >= 0.3 is 6.09 Å². The van der Waals surface area contributed by atoms with Crippen LogP contribution in [0.25, 0.3) is 0 Å². The SMILES string of the molecule is C#N.CC(C)NC(=O)C1[C@@H](C(C)C)CCN1C.CCCC[C@@H](C=O)NC(=O)OCC(C)(C)C.O=C1CCCN1. The normalized spacial score (nSPS) is 19.3. The van der Waals surface area contributed by atoms with Gasteiger partial charge in [-0.3, -0.25) is 14.5 Å². The number of alkyl carbamates (subject to hydrolysis) is 1. The number of nitriles is 1. The van der Waals surface area contributed by atoms with Gasteiger partial charge in [-0.2, -0.15) is 0 Å². The topological polar surface area (TPSA) is 141 Å². The zero-order valence-corrected chi connectivity index (χ0v) is 25.8. The van der Waals surface area contributed by atoms with E-state index in [4.69, 9.17) is 10.00 Å². The van der Waals surface area contributed by atoms with Crippen molar-refractivity contribution >= 4 is 24.2 Å². The molecule has 0 aromatic carbocycles. The van der Waals surface area contributed by atoms with Crippen molar-refractivity contribution in [3.63, 3.8) is 0 Å². The van der Waals surface area contributed by atoms with Gasteiger partial charge in [-0.05, 0) is 64.0 Å². The number of likely N-dealkylation sites (N-methyl/N-ethyl adjacent to an activating group) is 1. The summed E-state index contributed by atoms with van der Waals surface area (Å²) in [4.78, 5) is 46.4. The molecule has 0 spiro atoms. The van der Waals surface area contributed by atoms with Crippen molar-refractivity contribution in [3.05, 3.63) is 0 Å². The van der Waals surface area contributed by atoms with Gasteiger partial charge in [0.2, 0.25) is 11.8 Å². The van der Waals surface area contributed by atoms with Gasteiger partial charge in [0, 0.05) is 25.6 Å². The van der Waals surface area contributed by atoms with E-state index in [-0.39, 0.29) is 29.3 Å². The van der Waals surface area contributed by atoms with E-state index in [9.17, 15) is 19.2 Å². The first kappa shape index (κ1) is 38.5. The summed E-state index contributed by atoms with van der Waals surface area (Å²) in [5, 5.41) is 14.7. The van der Waals surface area contributed by atoms with Crippen molar-refractivity contribution in [2.75, 3.05) is 26.7 Å². The van der Waals surface area contributed by atoms with Crippen LogP contribution in [0.4, 0.5) is 4.79 Å². The number of rotatable bonds is 9. The molecule has 0 aromatic rings. The Labute approximate surface area is 237 Å². The molecule has 1 unspecified atom stereocenters. The van der Waals surface area contributed by atoms with E-state index < -0.39 is 12.1 Å². The second-order valence-electron chi connectivity index (χ2n) is 11.9. The second kappa shape index (κ2) is 21.2. The summed E-state index contributed by atoms with van der Waals surface area (Å²) in [5.41, 5.74) is -0.0581. The smallest absolute Gasteiger partial charge is 0.407 e. The number of nitrogens with one attached hydrogen (secondary N) is 3. The van der Waals surface area contributed by atoms with Crippen molar-refractivity contribution in [1.82, 2.24) is 20.9 Å².